The molecular formula is C15H18N4O2. The monoisotopic (exact) mass is 286 g/mol. The summed E-state index contributed by atoms with van der Waals surface area (Å²) in [4.78, 5) is 20.5. The number of pyridine rings is 1. The number of carbonyl (C=O) groups excluding carboxylic acids is 1. The van der Waals surface area contributed by atoms with Crippen molar-refractivity contribution >= 4 is 17.4 Å². The van der Waals surface area contributed by atoms with Crippen LogP contribution in [0.15, 0.2) is 35.1 Å². The molecule has 1 amide bonds. The van der Waals surface area contributed by atoms with Crippen LogP contribution in [0.2, 0.25) is 0 Å². The van der Waals surface area contributed by atoms with Gasteiger partial charge in [0.2, 0.25) is 0 Å². The van der Waals surface area contributed by atoms with E-state index in [1.807, 2.05) is 17.9 Å². The average molecular weight is 286 g/mol. The number of piperazine rings is 1. The van der Waals surface area contributed by atoms with Crippen LogP contribution in [-0.4, -0.2) is 42.0 Å². The maximum atomic E-state index is 12.3. The molecule has 0 saturated carbocycles. The molecule has 6 nitrogen and oxygen atoms in total. The lowest BCUT2D eigenvalue weighted by molar-refractivity contribution is 0.0746. The number of nitrogen functional groups attached to an aromatic ring is 1. The highest BCUT2D eigenvalue weighted by Crippen LogP contribution is 2.17. The highest BCUT2D eigenvalue weighted by Gasteiger charge is 2.23. The number of rotatable bonds is 2. The summed E-state index contributed by atoms with van der Waals surface area (Å²) in [5.41, 5.74) is 7.25. The Morgan fingerprint density at radius 3 is 2.62 bits per heavy atom. The quantitative estimate of drug-likeness (QED) is 0.906. The van der Waals surface area contributed by atoms with Crippen LogP contribution in [0, 0.1) is 6.92 Å². The summed E-state index contributed by atoms with van der Waals surface area (Å²) in [7, 11) is 0. The molecule has 0 spiro atoms. The molecule has 3 heterocycles. The molecule has 2 aromatic heterocycles. The normalized spacial score (nSPS) is 15.3. The zero-order valence-electron chi connectivity index (χ0n) is 12.0. The van der Waals surface area contributed by atoms with Gasteiger partial charge in [-0.3, -0.25) is 4.79 Å². The van der Waals surface area contributed by atoms with E-state index in [1.165, 1.54) is 6.26 Å². The van der Waals surface area contributed by atoms with Crippen molar-refractivity contribution in [1.82, 2.24) is 9.88 Å². The Kier molecular flexibility index (Phi) is 3.51. The van der Waals surface area contributed by atoms with Crippen molar-refractivity contribution in [3.63, 3.8) is 0 Å². The van der Waals surface area contributed by atoms with Crippen molar-refractivity contribution < 1.29 is 9.21 Å². The topological polar surface area (TPSA) is 75.6 Å². The summed E-state index contributed by atoms with van der Waals surface area (Å²) in [5.74, 6) is 1.30. The van der Waals surface area contributed by atoms with E-state index in [4.69, 9.17) is 10.2 Å². The maximum absolute atomic E-state index is 12.3. The lowest BCUT2D eigenvalue weighted by atomic mass is 10.2. The molecule has 21 heavy (non-hydrogen) atoms. The van der Waals surface area contributed by atoms with Gasteiger partial charge in [0.1, 0.15) is 17.8 Å². The second-order valence-corrected chi connectivity index (χ2v) is 5.17. The van der Waals surface area contributed by atoms with Gasteiger partial charge in [0.25, 0.3) is 5.91 Å². The number of amides is 1. The van der Waals surface area contributed by atoms with Gasteiger partial charge in [-0.1, -0.05) is 0 Å². The van der Waals surface area contributed by atoms with Crippen molar-refractivity contribution in [3.8, 4) is 0 Å². The number of carbonyl (C=O) groups is 1. The van der Waals surface area contributed by atoms with Crippen LogP contribution in [0.4, 0.5) is 11.5 Å². The number of nitrogens with two attached hydrogens (primary N) is 1. The Balaban J connectivity index is 1.62. The van der Waals surface area contributed by atoms with Crippen LogP contribution < -0.4 is 10.6 Å². The molecular weight excluding hydrogens is 268 g/mol. The second-order valence-electron chi connectivity index (χ2n) is 5.17. The molecule has 0 atom stereocenters. The van der Waals surface area contributed by atoms with E-state index in [1.54, 1.807) is 18.3 Å². The Morgan fingerprint density at radius 1 is 1.29 bits per heavy atom. The molecule has 1 fully saturated rings. The van der Waals surface area contributed by atoms with Crippen molar-refractivity contribution in [2.75, 3.05) is 36.8 Å². The van der Waals surface area contributed by atoms with E-state index >= 15 is 0 Å². The highest BCUT2D eigenvalue weighted by molar-refractivity contribution is 5.94. The van der Waals surface area contributed by atoms with Crippen molar-refractivity contribution in [1.29, 1.82) is 0 Å². The summed E-state index contributed by atoms with van der Waals surface area (Å²) in [6.07, 6.45) is 3.29. The van der Waals surface area contributed by atoms with Gasteiger partial charge in [-0.15, -0.1) is 0 Å². The fourth-order valence-electron chi connectivity index (χ4n) is 2.49. The number of hydrogen-bond acceptors (Lipinski definition) is 5. The van der Waals surface area contributed by atoms with Crippen LogP contribution in [0.3, 0.4) is 0 Å². The Labute approximate surface area is 123 Å². The fraction of sp³-hybridized carbons (Fsp3) is 0.333. The largest absolute Gasteiger partial charge is 0.469 e. The molecule has 2 aromatic rings. The van der Waals surface area contributed by atoms with E-state index in [9.17, 15) is 4.79 Å². The van der Waals surface area contributed by atoms with Gasteiger partial charge in [-0.2, -0.15) is 0 Å². The molecule has 0 radical (unpaired) electrons. The van der Waals surface area contributed by atoms with Crippen molar-refractivity contribution in [3.05, 3.63) is 42.0 Å². The predicted octanol–water partition coefficient (Wildman–Crippen LogP) is 1.53. The number of furan rings is 1. The third kappa shape index (κ3) is 2.84. The first-order valence-electron chi connectivity index (χ1n) is 6.94. The zero-order chi connectivity index (χ0) is 14.8. The molecule has 6 heteroatoms. The SMILES string of the molecule is Cc1cc(C(=O)N2CCN(c3ccc(N)nc3)CC2)co1. The Bertz CT molecular complexity index is 627. The van der Waals surface area contributed by atoms with Gasteiger partial charge in [-0.25, -0.2) is 4.98 Å². The lowest BCUT2D eigenvalue weighted by Crippen LogP contribution is -2.48. The number of hydrogen-bond donors (Lipinski definition) is 1. The summed E-state index contributed by atoms with van der Waals surface area (Å²) in [6.45, 7) is 4.78. The summed E-state index contributed by atoms with van der Waals surface area (Å²) < 4.78 is 5.20. The first kappa shape index (κ1) is 13.5. The maximum Gasteiger partial charge on any atom is 0.257 e. The van der Waals surface area contributed by atoms with E-state index in [2.05, 4.69) is 9.88 Å². The summed E-state index contributed by atoms with van der Waals surface area (Å²) in [5, 5.41) is 0. The minimum atomic E-state index is 0.0296. The van der Waals surface area contributed by atoms with Crippen LogP contribution in [0.5, 0.6) is 0 Å². The van der Waals surface area contributed by atoms with Gasteiger partial charge in [-0.05, 0) is 25.1 Å². The number of nitrogens with zero attached hydrogens (tertiary/aromatic N) is 3. The van der Waals surface area contributed by atoms with Crippen LogP contribution in [-0.2, 0) is 0 Å². The van der Waals surface area contributed by atoms with Gasteiger partial charge >= 0.3 is 0 Å². The van der Waals surface area contributed by atoms with Gasteiger partial charge in [0.05, 0.1) is 17.4 Å². The number of anilines is 2. The molecule has 0 bridgehead atoms. The minimum absolute atomic E-state index is 0.0296. The van der Waals surface area contributed by atoms with Crippen LogP contribution >= 0.6 is 0 Å². The molecule has 1 saturated heterocycles. The predicted molar refractivity (Wildman–Crippen MR) is 80.2 cm³/mol. The summed E-state index contributed by atoms with van der Waals surface area (Å²) in [6, 6.07) is 5.53. The van der Waals surface area contributed by atoms with E-state index in [-0.39, 0.29) is 5.91 Å². The van der Waals surface area contributed by atoms with Crippen LogP contribution in [0.25, 0.3) is 0 Å². The first-order valence-corrected chi connectivity index (χ1v) is 6.94. The molecule has 3 rings (SSSR count). The van der Waals surface area contributed by atoms with Gasteiger partial charge < -0.3 is 20.0 Å². The standard InChI is InChI=1S/C15H18N4O2/c1-11-8-12(10-21-11)15(20)19-6-4-18(5-7-19)13-2-3-14(16)17-9-13/h2-3,8-10H,4-7H2,1H3,(H2,16,17). The van der Waals surface area contributed by atoms with E-state index in [0.717, 1.165) is 24.5 Å². The first-order chi connectivity index (χ1) is 10.1. The number of aryl methyl sites for hydroxylation is 1. The third-order valence-electron chi connectivity index (χ3n) is 3.68. The van der Waals surface area contributed by atoms with Crippen molar-refractivity contribution in [2.24, 2.45) is 0 Å². The van der Waals surface area contributed by atoms with E-state index < -0.39 is 0 Å². The molecule has 1 aliphatic heterocycles. The molecule has 0 aromatic carbocycles. The second kappa shape index (κ2) is 5.47. The minimum Gasteiger partial charge on any atom is -0.469 e. The Morgan fingerprint density at radius 2 is 2.05 bits per heavy atom. The Hall–Kier alpha value is -2.50. The molecule has 0 unspecified atom stereocenters. The molecule has 0 aliphatic carbocycles. The van der Waals surface area contributed by atoms with E-state index in [0.29, 0.717) is 24.5 Å². The smallest absolute Gasteiger partial charge is 0.257 e. The average Bonchev–Trinajstić information content (AvgIpc) is 2.94. The van der Waals surface area contributed by atoms with Gasteiger partial charge in [0, 0.05) is 26.2 Å². The molecule has 2 N–H and O–H groups in total. The molecule has 110 valence electrons. The molecule has 1 aliphatic rings. The third-order valence-corrected chi connectivity index (χ3v) is 3.68. The highest BCUT2D eigenvalue weighted by atomic mass is 16.3. The number of aromatic nitrogens is 1. The summed E-state index contributed by atoms with van der Waals surface area (Å²) >= 11 is 0. The van der Waals surface area contributed by atoms with Crippen molar-refractivity contribution in [2.45, 2.75) is 6.92 Å². The fourth-order valence-corrected chi connectivity index (χ4v) is 2.49. The zero-order valence-corrected chi connectivity index (χ0v) is 12.0. The van der Waals surface area contributed by atoms with Gasteiger partial charge in [0.15, 0.2) is 0 Å². The lowest BCUT2D eigenvalue weighted by Gasteiger charge is -2.35. The van der Waals surface area contributed by atoms with Crippen LogP contribution in [0.1, 0.15) is 16.1 Å².